The first-order valence-electron chi connectivity index (χ1n) is 8.65. The van der Waals surface area contributed by atoms with Gasteiger partial charge in [-0.1, -0.05) is 54.6 Å². The predicted octanol–water partition coefficient (Wildman–Crippen LogP) is 4.55. The smallest absolute Gasteiger partial charge is 0.229 e. The molecular formula is C23H12O5. The van der Waals surface area contributed by atoms with Crippen LogP contribution < -0.4 is 0 Å². The SMILES string of the molecule is O=C1c2ccccc2C(=O)c2c1oc(C(=O)c1ccccc1)c2-c1ccco1. The Bertz CT molecular complexity index is 1240. The lowest BCUT2D eigenvalue weighted by Crippen LogP contribution is -2.19. The van der Waals surface area contributed by atoms with Gasteiger partial charge < -0.3 is 8.83 Å². The molecule has 0 amide bonds. The Labute approximate surface area is 159 Å². The minimum Gasteiger partial charge on any atom is -0.464 e. The van der Waals surface area contributed by atoms with Gasteiger partial charge in [-0.25, -0.2) is 0 Å². The van der Waals surface area contributed by atoms with Crippen LogP contribution in [-0.4, -0.2) is 17.3 Å². The summed E-state index contributed by atoms with van der Waals surface area (Å²) in [6.45, 7) is 0. The number of fused-ring (bicyclic) bond motifs is 2. The van der Waals surface area contributed by atoms with Crippen molar-refractivity contribution in [2.45, 2.75) is 0 Å². The quantitative estimate of drug-likeness (QED) is 0.437. The number of hydrogen-bond donors (Lipinski definition) is 0. The van der Waals surface area contributed by atoms with Gasteiger partial charge in [0.1, 0.15) is 5.76 Å². The Kier molecular flexibility index (Phi) is 3.49. The van der Waals surface area contributed by atoms with Gasteiger partial charge in [-0.2, -0.15) is 0 Å². The van der Waals surface area contributed by atoms with Gasteiger partial charge in [-0.15, -0.1) is 0 Å². The third-order valence-electron chi connectivity index (χ3n) is 4.77. The molecule has 0 unspecified atom stereocenters. The molecule has 2 aromatic carbocycles. The molecule has 0 atom stereocenters. The fourth-order valence-corrected chi connectivity index (χ4v) is 3.48. The molecule has 0 N–H and O–H groups in total. The molecule has 5 rings (SSSR count). The molecule has 0 bridgehead atoms. The van der Waals surface area contributed by atoms with Gasteiger partial charge in [0.05, 0.1) is 17.4 Å². The fraction of sp³-hybridized carbons (Fsp3) is 0. The van der Waals surface area contributed by atoms with Crippen molar-refractivity contribution in [2.75, 3.05) is 0 Å². The molecule has 5 heteroatoms. The molecule has 0 spiro atoms. The van der Waals surface area contributed by atoms with Crippen molar-refractivity contribution in [3.8, 4) is 11.3 Å². The summed E-state index contributed by atoms with van der Waals surface area (Å²) in [5, 5.41) is 0. The molecule has 0 saturated heterocycles. The van der Waals surface area contributed by atoms with Crippen LogP contribution in [0.5, 0.6) is 0 Å². The molecule has 0 saturated carbocycles. The van der Waals surface area contributed by atoms with Gasteiger partial charge in [0.2, 0.25) is 11.6 Å². The molecule has 0 radical (unpaired) electrons. The van der Waals surface area contributed by atoms with Crippen LogP contribution in [0.3, 0.4) is 0 Å². The lowest BCUT2D eigenvalue weighted by atomic mass is 9.85. The average molecular weight is 368 g/mol. The zero-order valence-corrected chi connectivity index (χ0v) is 14.5. The van der Waals surface area contributed by atoms with Crippen LogP contribution in [0.2, 0.25) is 0 Å². The molecule has 134 valence electrons. The Hall–Kier alpha value is -3.99. The molecule has 5 nitrogen and oxygen atoms in total. The van der Waals surface area contributed by atoms with Crippen LogP contribution in [0.1, 0.15) is 48.2 Å². The molecule has 2 aromatic heterocycles. The zero-order valence-electron chi connectivity index (χ0n) is 14.5. The van der Waals surface area contributed by atoms with Crippen molar-refractivity contribution in [3.05, 3.63) is 107 Å². The highest BCUT2D eigenvalue weighted by atomic mass is 16.4. The van der Waals surface area contributed by atoms with E-state index in [9.17, 15) is 14.4 Å². The summed E-state index contributed by atoms with van der Waals surface area (Å²) in [4.78, 5) is 39.2. The van der Waals surface area contributed by atoms with E-state index in [1.54, 1.807) is 66.7 Å². The van der Waals surface area contributed by atoms with Crippen molar-refractivity contribution < 1.29 is 23.2 Å². The van der Waals surface area contributed by atoms with E-state index in [0.717, 1.165) is 0 Å². The maximum Gasteiger partial charge on any atom is 0.229 e. The summed E-state index contributed by atoms with van der Waals surface area (Å²) >= 11 is 0. The minimum absolute atomic E-state index is 0.0675. The van der Waals surface area contributed by atoms with Crippen LogP contribution in [0, 0.1) is 0 Å². The van der Waals surface area contributed by atoms with E-state index in [1.165, 1.54) is 6.26 Å². The van der Waals surface area contributed by atoms with Gasteiger partial charge in [0.25, 0.3) is 0 Å². The maximum atomic E-state index is 13.2. The number of carbonyl (C=O) groups excluding carboxylic acids is 3. The molecule has 1 aliphatic rings. The Morgan fingerprint density at radius 1 is 0.714 bits per heavy atom. The first-order chi connectivity index (χ1) is 13.7. The summed E-state index contributed by atoms with van der Waals surface area (Å²) in [6.07, 6.45) is 1.44. The van der Waals surface area contributed by atoms with E-state index in [2.05, 4.69) is 0 Å². The number of benzene rings is 2. The van der Waals surface area contributed by atoms with Crippen molar-refractivity contribution >= 4 is 17.3 Å². The molecule has 0 aliphatic heterocycles. The third-order valence-corrected chi connectivity index (χ3v) is 4.77. The van der Waals surface area contributed by atoms with E-state index in [-0.39, 0.29) is 39.6 Å². The number of hydrogen-bond acceptors (Lipinski definition) is 5. The van der Waals surface area contributed by atoms with Crippen molar-refractivity contribution in [1.82, 2.24) is 0 Å². The third kappa shape index (κ3) is 2.23. The van der Waals surface area contributed by atoms with Gasteiger partial charge in [0, 0.05) is 16.7 Å². The summed E-state index contributed by atoms with van der Waals surface area (Å²) in [6, 6.07) is 18.4. The molecule has 1 aliphatic carbocycles. The highest BCUT2D eigenvalue weighted by molar-refractivity contribution is 6.30. The van der Waals surface area contributed by atoms with Gasteiger partial charge >= 0.3 is 0 Å². The van der Waals surface area contributed by atoms with Crippen LogP contribution in [0.4, 0.5) is 0 Å². The molecule has 4 aromatic rings. The zero-order chi connectivity index (χ0) is 19.3. The Balaban J connectivity index is 1.80. The average Bonchev–Trinajstić information content (AvgIpc) is 3.40. The number of ketones is 3. The second kappa shape index (κ2) is 6.03. The van der Waals surface area contributed by atoms with Crippen molar-refractivity contribution in [2.24, 2.45) is 0 Å². The first-order valence-corrected chi connectivity index (χ1v) is 8.65. The van der Waals surface area contributed by atoms with Crippen LogP contribution >= 0.6 is 0 Å². The van der Waals surface area contributed by atoms with E-state index in [1.807, 2.05) is 0 Å². The molecule has 28 heavy (non-hydrogen) atoms. The lowest BCUT2D eigenvalue weighted by Gasteiger charge is -2.13. The first kappa shape index (κ1) is 16.2. The molecular weight excluding hydrogens is 356 g/mol. The largest absolute Gasteiger partial charge is 0.464 e. The molecule has 2 heterocycles. The van der Waals surface area contributed by atoms with Crippen molar-refractivity contribution in [1.29, 1.82) is 0 Å². The summed E-state index contributed by atoms with van der Waals surface area (Å²) in [5.41, 5.74) is 1.21. The second-order valence-corrected chi connectivity index (χ2v) is 6.39. The Morgan fingerprint density at radius 3 is 2.07 bits per heavy atom. The van der Waals surface area contributed by atoms with E-state index < -0.39 is 11.6 Å². The summed E-state index contributed by atoms with van der Waals surface area (Å²) in [5.74, 6) is -1.14. The molecule has 0 fully saturated rings. The van der Waals surface area contributed by atoms with Crippen molar-refractivity contribution in [3.63, 3.8) is 0 Å². The second-order valence-electron chi connectivity index (χ2n) is 6.39. The van der Waals surface area contributed by atoms with Crippen LogP contribution in [0.15, 0.2) is 81.8 Å². The van der Waals surface area contributed by atoms with Crippen LogP contribution in [0.25, 0.3) is 11.3 Å². The topological polar surface area (TPSA) is 77.5 Å². The summed E-state index contributed by atoms with van der Waals surface area (Å²) in [7, 11) is 0. The normalized spacial score (nSPS) is 12.6. The fourth-order valence-electron chi connectivity index (χ4n) is 3.48. The highest BCUT2D eigenvalue weighted by Crippen LogP contribution is 2.40. The van der Waals surface area contributed by atoms with E-state index in [4.69, 9.17) is 8.83 Å². The highest BCUT2D eigenvalue weighted by Gasteiger charge is 2.39. The number of rotatable bonds is 3. The Morgan fingerprint density at radius 2 is 1.39 bits per heavy atom. The monoisotopic (exact) mass is 368 g/mol. The van der Waals surface area contributed by atoms with Crippen LogP contribution in [-0.2, 0) is 0 Å². The van der Waals surface area contributed by atoms with Gasteiger partial charge in [-0.3, -0.25) is 14.4 Å². The number of carbonyl (C=O) groups is 3. The van der Waals surface area contributed by atoms with E-state index >= 15 is 0 Å². The standard InChI is InChI=1S/C23H12O5/c24-19(13-7-2-1-3-8-13)22-17(16-11-6-12-27-16)18-20(25)14-9-4-5-10-15(14)21(26)23(18)28-22/h1-12H. The van der Waals surface area contributed by atoms with Gasteiger partial charge in [-0.05, 0) is 12.1 Å². The van der Waals surface area contributed by atoms with E-state index in [0.29, 0.717) is 11.3 Å². The summed E-state index contributed by atoms with van der Waals surface area (Å²) < 4.78 is 11.2. The minimum atomic E-state index is -0.426. The maximum absolute atomic E-state index is 13.2. The van der Waals surface area contributed by atoms with Gasteiger partial charge in [0.15, 0.2) is 17.3 Å². The lowest BCUT2D eigenvalue weighted by molar-refractivity contribution is 0.0951. The number of furan rings is 2. The predicted molar refractivity (Wildman–Crippen MR) is 99.6 cm³/mol.